The van der Waals surface area contributed by atoms with Gasteiger partial charge in [-0.25, -0.2) is 0 Å². The Bertz CT molecular complexity index is 254. The lowest BCUT2D eigenvalue weighted by Gasteiger charge is -2.07. The summed E-state index contributed by atoms with van der Waals surface area (Å²) in [4.78, 5) is 0. The monoisotopic (exact) mass is 230 g/mol. The summed E-state index contributed by atoms with van der Waals surface area (Å²) < 4.78 is 0. The first-order valence-corrected chi connectivity index (χ1v) is 5.92. The van der Waals surface area contributed by atoms with Crippen molar-refractivity contribution in [3.63, 3.8) is 0 Å². The van der Waals surface area contributed by atoms with Crippen molar-refractivity contribution < 1.29 is 0 Å². The molecule has 0 aliphatic rings. The topological polar surface area (TPSA) is 0 Å². The van der Waals surface area contributed by atoms with E-state index in [1.54, 1.807) is 0 Å². The lowest BCUT2D eigenvalue weighted by molar-refractivity contribution is 0.676. The van der Waals surface area contributed by atoms with Gasteiger partial charge in [0.15, 0.2) is 0 Å². The van der Waals surface area contributed by atoms with E-state index >= 15 is 0 Å². The minimum Gasteiger partial charge on any atom is -0.123 e. The minimum atomic E-state index is 0.315. The Morgan fingerprint density at radius 3 is 2.36 bits per heavy atom. The summed E-state index contributed by atoms with van der Waals surface area (Å²) in [5, 5.41) is 1.11. The van der Waals surface area contributed by atoms with Crippen molar-refractivity contribution in [2.45, 2.75) is 38.0 Å². The van der Waals surface area contributed by atoms with E-state index < -0.39 is 0 Å². The van der Waals surface area contributed by atoms with Crippen LogP contribution in [0.25, 0.3) is 0 Å². The predicted octanol–water partition coefficient (Wildman–Crippen LogP) is 4.68. The van der Waals surface area contributed by atoms with Gasteiger partial charge in [-0.05, 0) is 37.0 Å². The Hall–Kier alpha value is -0.200. The molecule has 0 nitrogen and oxygen atoms in total. The van der Waals surface area contributed by atoms with Gasteiger partial charge in [-0.3, -0.25) is 0 Å². The van der Waals surface area contributed by atoms with E-state index in [2.05, 4.69) is 19.1 Å². The van der Waals surface area contributed by atoms with Crippen molar-refractivity contribution in [1.29, 1.82) is 0 Å². The fourth-order valence-electron chi connectivity index (χ4n) is 1.43. The fraction of sp³-hybridized carbons (Fsp3) is 0.500. The zero-order valence-corrected chi connectivity index (χ0v) is 9.98. The van der Waals surface area contributed by atoms with Crippen LogP contribution in [0, 0.1) is 0 Å². The van der Waals surface area contributed by atoms with Gasteiger partial charge in [0.1, 0.15) is 0 Å². The van der Waals surface area contributed by atoms with Crippen LogP contribution in [0.2, 0.25) is 5.02 Å². The molecule has 14 heavy (non-hydrogen) atoms. The molecule has 78 valence electrons. The van der Waals surface area contributed by atoms with Crippen molar-refractivity contribution >= 4 is 23.2 Å². The van der Waals surface area contributed by atoms with Crippen LogP contribution < -0.4 is 0 Å². The SMILES string of the molecule is CCCC(Cl)CCc1ccc(Cl)cc1. The van der Waals surface area contributed by atoms with Crippen LogP contribution in [0.1, 0.15) is 31.7 Å². The van der Waals surface area contributed by atoms with Gasteiger partial charge in [0, 0.05) is 10.4 Å². The normalized spacial score (nSPS) is 12.8. The number of aryl methyl sites for hydroxylation is 1. The highest BCUT2D eigenvalue weighted by atomic mass is 35.5. The van der Waals surface area contributed by atoms with Gasteiger partial charge in [-0.1, -0.05) is 37.1 Å². The third-order valence-electron chi connectivity index (χ3n) is 2.26. The second-order valence-electron chi connectivity index (χ2n) is 3.55. The third kappa shape index (κ3) is 4.34. The van der Waals surface area contributed by atoms with Gasteiger partial charge in [-0.2, -0.15) is 0 Å². The first-order valence-electron chi connectivity index (χ1n) is 5.11. The van der Waals surface area contributed by atoms with Crippen LogP contribution in [0.3, 0.4) is 0 Å². The number of rotatable bonds is 5. The van der Waals surface area contributed by atoms with E-state index in [9.17, 15) is 0 Å². The van der Waals surface area contributed by atoms with Gasteiger partial charge in [0.05, 0.1) is 0 Å². The number of benzene rings is 1. The molecule has 0 saturated heterocycles. The van der Waals surface area contributed by atoms with Crippen LogP contribution >= 0.6 is 23.2 Å². The molecule has 0 spiro atoms. The smallest absolute Gasteiger partial charge is 0.0406 e. The van der Waals surface area contributed by atoms with E-state index in [4.69, 9.17) is 23.2 Å². The lowest BCUT2D eigenvalue weighted by atomic mass is 10.1. The van der Waals surface area contributed by atoms with Crippen LogP contribution in [-0.2, 0) is 6.42 Å². The number of hydrogen-bond donors (Lipinski definition) is 0. The van der Waals surface area contributed by atoms with Gasteiger partial charge < -0.3 is 0 Å². The highest BCUT2D eigenvalue weighted by Gasteiger charge is 2.03. The maximum Gasteiger partial charge on any atom is 0.0406 e. The van der Waals surface area contributed by atoms with E-state index in [1.165, 1.54) is 5.56 Å². The maximum atomic E-state index is 6.14. The number of halogens is 2. The van der Waals surface area contributed by atoms with Crippen molar-refractivity contribution in [3.8, 4) is 0 Å². The largest absolute Gasteiger partial charge is 0.123 e. The first-order chi connectivity index (χ1) is 6.72. The van der Waals surface area contributed by atoms with Crippen LogP contribution in [0.15, 0.2) is 24.3 Å². The standard InChI is InChI=1S/C12H16Cl2/c1-2-3-11(13)7-4-10-5-8-12(14)9-6-10/h5-6,8-9,11H,2-4,7H2,1H3. The van der Waals surface area contributed by atoms with Crippen LogP contribution in [0.4, 0.5) is 0 Å². The second-order valence-corrected chi connectivity index (χ2v) is 4.60. The summed E-state index contributed by atoms with van der Waals surface area (Å²) in [5.41, 5.74) is 1.32. The average Bonchev–Trinajstić information content (AvgIpc) is 2.17. The quantitative estimate of drug-likeness (QED) is 0.645. The molecule has 1 rings (SSSR count). The van der Waals surface area contributed by atoms with Crippen LogP contribution in [-0.4, -0.2) is 5.38 Å². The first kappa shape index (κ1) is 11.9. The van der Waals surface area contributed by atoms with E-state index in [-0.39, 0.29) is 0 Å². The lowest BCUT2D eigenvalue weighted by Crippen LogP contribution is -1.99. The highest BCUT2D eigenvalue weighted by molar-refractivity contribution is 6.30. The molecular formula is C12H16Cl2. The van der Waals surface area contributed by atoms with Gasteiger partial charge in [0.25, 0.3) is 0 Å². The van der Waals surface area contributed by atoms with Crippen molar-refractivity contribution in [3.05, 3.63) is 34.9 Å². The molecule has 0 saturated carbocycles. The Morgan fingerprint density at radius 2 is 1.79 bits per heavy atom. The molecule has 0 radical (unpaired) electrons. The summed E-state index contributed by atoms with van der Waals surface area (Å²) in [5.74, 6) is 0. The molecule has 2 heteroatoms. The van der Waals surface area contributed by atoms with Crippen molar-refractivity contribution in [1.82, 2.24) is 0 Å². The molecule has 0 heterocycles. The molecule has 0 N–H and O–H groups in total. The second kappa shape index (κ2) is 6.31. The maximum absolute atomic E-state index is 6.14. The summed E-state index contributed by atoms with van der Waals surface area (Å²) in [6, 6.07) is 8.00. The van der Waals surface area contributed by atoms with Crippen molar-refractivity contribution in [2.24, 2.45) is 0 Å². The van der Waals surface area contributed by atoms with Crippen LogP contribution in [0.5, 0.6) is 0 Å². The highest BCUT2D eigenvalue weighted by Crippen LogP contribution is 2.15. The minimum absolute atomic E-state index is 0.315. The summed E-state index contributed by atoms with van der Waals surface area (Å²) in [6.45, 7) is 2.16. The molecule has 0 bridgehead atoms. The Morgan fingerprint density at radius 1 is 1.14 bits per heavy atom. The van der Waals surface area contributed by atoms with E-state index in [0.29, 0.717) is 5.38 Å². The molecular weight excluding hydrogens is 215 g/mol. The molecule has 0 aromatic heterocycles. The van der Waals surface area contributed by atoms with Gasteiger partial charge >= 0.3 is 0 Å². The summed E-state index contributed by atoms with van der Waals surface area (Å²) in [7, 11) is 0. The molecule has 1 aromatic carbocycles. The molecule has 1 unspecified atom stereocenters. The number of hydrogen-bond acceptors (Lipinski definition) is 0. The average molecular weight is 231 g/mol. The zero-order chi connectivity index (χ0) is 10.4. The van der Waals surface area contributed by atoms with Gasteiger partial charge in [0.2, 0.25) is 0 Å². The van der Waals surface area contributed by atoms with E-state index in [0.717, 1.165) is 30.7 Å². The Labute approximate surface area is 96.2 Å². The predicted molar refractivity (Wildman–Crippen MR) is 64.3 cm³/mol. The van der Waals surface area contributed by atoms with Crippen molar-refractivity contribution in [2.75, 3.05) is 0 Å². The third-order valence-corrected chi connectivity index (χ3v) is 2.95. The summed E-state index contributed by atoms with van der Waals surface area (Å²) >= 11 is 11.9. The summed E-state index contributed by atoms with van der Waals surface area (Å²) in [6.07, 6.45) is 4.37. The molecule has 0 aliphatic carbocycles. The molecule has 0 amide bonds. The molecule has 1 aromatic rings. The Kier molecular flexibility index (Phi) is 5.36. The zero-order valence-electron chi connectivity index (χ0n) is 8.47. The molecule has 0 aliphatic heterocycles. The number of alkyl halides is 1. The Balaban J connectivity index is 2.34. The van der Waals surface area contributed by atoms with E-state index in [1.807, 2.05) is 12.1 Å². The molecule has 0 fully saturated rings. The van der Waals surface area contributed by atoms with Gasteiger partial charge in [-0.15, -0.1) is 11.6 Å². The fourth-order valence-corrected chi connectivity index (χ4v) is 1.89. The molecule has 1 atom stereocenters.